The molecule has 1 heterocycles. The maximum absolute atomic E-state index is 13.7. The van der Waals surface area contributed by atoms with E-state index in [9.17, 15) is 19.2 Å². The lowest BCUT2D eigenvalue weighted by Crippen LogP contribution is -2.30. The Balaban J connectivity index is 1.31. The van der Waals surface area contributed by atoms with Gasteiger partial charge in [-0.25, -0.2) is 4.79 Å². The molecule has 50 heavy (non-hydrogen) atoms. The van der Waals surface area contributed by atoms with Crippen LogP contribution in [0, 0.1) is 0 Å². The van der Waals surface area contributed by atoms with Gasteiger partial charge >= 0.3 is 5.97 Å². The van der Waals surface area contributed by atoms with Gasteiger partial charge in [0.1, 0.15) is 10.9 Å². The summed E-state index contributed by atoms with van der Waals surface area (Å²) in [6.45, 7) is 2.39. The molecule has 3 N–H and O–H groups in total. The van der Waals surface area contributed by atoms with Gasteiger partial charge in [0.2, 0.25) is 5.91 Å². The van der Waals surface area contributed by atoms with E-state index < -0.39 is 23.0 Å². The van der Waals surface area contributed by atoms with E-state index >= 15 is 0 Å². The number of pyridine rings is 1. The first-order valence-electron chi connectivity index (χ1n) is 16.1. The predicted molar refractivity (Wildman–Crippen MR) is 196 cm³/mol. The van der Waals surface area contributed by atoms with Gasteiger partial charge in [-0.05, 0) is 84.3 Å². The molecule has 0 aliphatic heterocycles. The van der Waals surface area contributed by atoms with Crippen LogP contribution in [-0.2, 0) is 14.3 Å². The summed E-state index contributed by atoms with van der Waals surface area (Å²) in [6.07, 6.45) is 6.49. The van der Waals surface area contributed by atoms with Crippen LogP contribution in [0.15, 0.2) is 144 Å². The third-order valence-corrected chi connectivity index (χ3v) is 8.58. The van der Waals surface area contributed by atoms with Gasteiger partial charge in [0, 0.05) is 34.2 Å². The van der Waals surface area contributed by atoms with E-state index in [0.717, 1.165) is 23.3 Å². The van der Waals surface area contributed by atoms with Crippen LogP contribution >= 0.6 is 11.8 Å². The summed E-state index contributed by atoms with van der Waals surface area (Å²) < 4.78 is 5.28. The second-order valence-electron chi connectivity index (χ2n) is 11.1. The highest BCUT2D eigenvalue weighted by Crippen LogP contribution is 2.37. The maximum atomic E-state index is 13.7. The maximum Gasteiger partial charge on any atom is 0.338 e. The number of amides is 3. The lowest BCUT2D eigenvalue weighted by atomic mass is 10.1. The topological polar surface area (TPSA) is 126 Å². The predicted octanol–water partition coefficient (Wildman–Crippen LogP) is 7.92. The molecule has 0 fully saturated rings. The minimum absolute atomic E-state index is 0.0340. The first kappa shape index (κ1) is 35.3. The van der Waals surface area contributed by atoms with Crippen LogP contribution in [0.1, 0.15) is 56.9 Å². The van der Waals surface area contributed by atoms with Crippen LogP contribution in [0.2, 0.25) is 0 Å². The van der Waals surface area contributed by atoms with E-state index in [4.69, 9.17) is 4.74 Å². The Labute approximate surface area is 295 Å². The highest BCUT2D eigenvalue weighted by atomic mass is 32.2. The monoisotopic (exact) mass is 684 g/mol. The van der Waals surface area contributed by atoms with Crippen molar-refractivity contribution in [2.75, 3.05) is 17.2 Å². The van der Waals surface area contributed by atoms with E-state index in [1.807, 2.05) is 43.3 Å². The van der Waals surface area contributed by atoms with Crippen molar-refractivity contribution in [2.45, 2.75) is 29.9 Å². The number of carbonyl (C=O) groups excluding carboxylic acids is 4. The summed E-state index contributed by atoms with van der Waals surface area (Å²) in [5.74, 6) is -1.63. The molecule has 1 unspecified atom stereocenters. The average Bonchev–Trinajstić information content (AvgIpc) is 3.15. The van der Waals surface area contributed by atoms with Gasteiger partial charge in [0.05, 0.1) is 12.2 Å². The highest BCUT2D eigenvalue weighted by Gasteiger charge is 2.23. The summed E-state index contributed by atoms with van der Waals surface area (Å²) in [4.78, 5) is 57.4. The zero-order chi connectivity index (χ0) is 35.1. The number of nitrogens with zero attached hydrogens (tertiary/aromatic N) is 1. The van der Waals surface area contributed by atoms with Crippen molar-refractivity contribution in [3.8, 4) is 0 Å². The van der Waals surface area contributed by atoms with Crippen LogP contribution in [0.25, 0.3) is 6.08 Å². The number of anilines is 2. The van der Waals surface area contributed by atoms with Crippen molar-refractivity contribution < 1.29 is 23.9 Å². The normalized spacial score (nSPS) is 11.6. The number of benzene rings is 4. The summed E-state index contributed by atoms with van der Waals surface area (Å²) in [7, 11) is 0. The number of aromatic nitrogens is 1. The van der Waals surface area contributed by atoms with Crippen molar-refractivity contribution in [3.63, 3.8) is 0 Å². The van der Waals surface area contributed by atoms with Crippen molar-refractivity contribution in [1.29, 1.82) is 0 Å². The van der Waals surface area contributed by atoms with E-state index in [1.165, 1.54) is 11.8 Å². The number of thioether (sulfide) groups is 1. The van der Waals surface area contributed by atoms with E-state index in [1.54, 1.807) is 103 Å². The van der Waals surface area contributed by atoms with Gasteiger partial charge in [0.25, 0.3) is 11.8 Å². The smallest absolute Gasteiger partial charge is 0.338 e. The molecular weight excluding hydrogens is 649 g/mol. The molecule has 252 valence electrons. The molecule has 10 heteroatoms. The van der Waals surface area contributed by atoms with Gasteiger partial charge in [-0.15, -0.1) is 11.8 Å². The average molecular weight is 685 g/mol. The molecule has 5 aromatic rings. The fourth-order valence-electron chi connectivity index (χ4n) is 4.74. The first-order chi connectivity index (χ1) is 24.4. The molecule has 4 aromatic carbocycles. The quantitative estimate of drug-likeness (QED) is 0.0470. The molecule has 0 aliphatic carbocycles. The zero-order valence-corrected chi connectivity index (χ0v) is 28.2. The summed E-state index contributed by atoms with van der Waals surface area (Å²) in [6, 6.07) is 35.2. The van der Waals surface area contributed by atoms with Gasteiger partial charge < -0.3 is 20.7 Å². The Morgan fingerprint density at radius 2 is 1.52 bits per heavy atom. The summed E-state index contributed by atoms with van der Waals surface area (Å²) in [5, 5.41) is 7.92. The molecule has 0 spiro atoms. The molecule has 1 atom stereocenters. The van der Waals surface area contributed by atoms with Crippen molar-refractivity contribution in [1.82, 2.24) is 10.3 Å². The standard InChI is InChI=1S/C40H36N4O5S/c1-2-3-24-49-40(48)31-19-21-32(22-20-31)42-39(47)36(29-13-6-4-7-14-29)50-34-18-10-17-33(26-34)43-38(46)35(25-28-12-11-23-41-27-28)44-37(45)30-15-8-5-9-16-30/h4-23,25-27,36H,2-3,24H2,1H3,(H,42,47)(H,43,46)(H,44,45)/b35-25-. The van der Waals surface area contributed by atoms with Gasteiger partial charge in [-0.1, -0.05) is 74.0 Å². The summed E-state index contributed by atoms with van der Waals surface area (Å²) >= 11 is 1.32. The number of rotatable bonds is 14. The second-order valence-corrected chi connectivity index (χ2v) is 12.3. The fraction of sp³-hybridized carbons (Fsp3) is 0.125. The zero-order valence-electron chi connectivity index (χ0n) is 27.4. The molecule has 3 amide bonds. The molecule has 9 nitrogen and oxygen atoms in total. The molecule has 0 saturated heterocycles. The number of esters is 1. The minimum atomic E-state index is -0.646. The number of hydrogen-bond donors (Lipinski definition) is 3. The molecule has 0 radical (unpaired) electrons. The number of hydrogen-bond acceptors (Lipinski definition) is 7. The number of ether oxygens (including phenoxy) is 1. The van der Waals surface area contributed by atoms with Crippen molar-refractivity contribution in [2.24, 2.45) is 0 Å². The summed E-state index contributed by atoms with van der Waals surface area (Å²) in [5.41, 5.74) is 3.27. The van der Waals surface area contributed by atoms with Gasteiger partial charge in [-0.2, -0.15) is 0 Å². The van der Waals surface area contributed by atoms with Crippen LogP contribution in [0.4, 0.5) is 11.4 Å². The van der Waals surface area contributed by atoms with Gasteiger partial charge in [-0.3, -0.25) is 19.4 Å². The third-order valence-electron chi connectivity index (χ3n) is 7.33. The molecule has 5 rings (SSSR count). The Kier molecular flexibility index (Phi) is 12.7. The van der Waals surface area contributed by atoms with E-state index in [2.05, 4.69) is 20.9 Å². The number of carbonyl (C=O) groups is 4. The second kappa shape index (κ2) is 18.0. The van der Waals surface area contributed by atoms with Crippen LogP contribution in [-0.4, -0.2) is 35.3 Å². The van der Waals surface area contributed by atoms with E-state index in [-0.39, 0.29) is 11.6 Å². The molecular formula is C40H36N4O5S. The SMILES string of the molecule is CCCCOC(=O)c1ccc(NC(=O)C(Sc2cccc(NC(=O)/C(=C/c3cccnc3)NC(=O)c3ccccc3)c2)c2ccccc2)cc1. The highest BCUT2D eigenvalue weighted by molar-refractivity contribution is 8.00. The Morgan fingerprint density at radius 3 is 2.22 bits per heavy atom. The molecule has 0 aliphatic rings. The lowest BCUT2D eigenvalue weighted by Gasteiger charge is -2.18. The Morgan fingerprint density at radius 1 is 0.780 bits per heavy atom. The van der Waals surface area contributed by atoms with E-state index in [0.29, 0.717) is 34.7 Å². The van der Waals surface area contributed by atoms with Crippen LogP contribution in [0.3, 0.4) is 0 Å². The first-order valence-corrected chi connectivity index (χ1v) is 17.0. The van der Waals surface area contributed by atoms with Crippen molar-refractivity contribution >= 4 is 52.9 Å². The fourth-order valence-corrected chi connectivity index (χ4v) is 5.83. The van der Waals surface area contributed by atoms with Crippen molar-refractivity contribution in [3.05, 3.63) is 162 Å². The third kappa shape index (κ3) is 10.2. The number of nitrogens with one attached hydrogen (secondary N) is 3. The largest absolute Gasteiger partial charge is 0.462 e. The van der Waals surface area contributed by atoms with Crippen LogP contribution in [0.5, 0.6) is 0 Å². The molecule has 0 saturated carbocycles. The molecule has 1 aromatic heterocycles. The number of unbranched alkanes of at least 4 members (excludes halogenated alkanes) is 1. The Hall–Kier alpha value is -6.00. The van der Waals surface area contributed by atoms with Gasteiger partial charge in [0.15, 0.2) is 0 Å². The Bertz CT molecular complexity index is 1940. The van der Waals surface area contributed by atoms with Crippen LogP contribution < -0.4 is 16.0 Å². The lowest BCUT2D eigenvalue weighted by molar-refractivity contribution is -0.116. The minimum Gasteiger partial charge on any atom is -0.462 e. The molecule has 0 bridgehead atoms.